The summed E-state index contributed by atoms with van der Waals surface area (Å²) in [6, 6.07) is 11.1. The third-order valence-electron chi connectivity index (χ3n) is 4.26. The second kappa shape index (κ2) is 7.11. The molecule has 0 spiro atoms. The van der Waals surface area contributed by atoms with Crippen LogP contribution in [0.1, 0.15) is 27.0 Å². The van der Waals surface area contributed by atoms with Gasteiger partial charge in [-0.25, -0.2) is 4.98 Å². The van der Waals surface area contributed by atoms with Gasteiger partial charge in [-0.1, -0.05) is 23.7 Å². The number of hydrogen-bond acceptors (Lipinski definition) is 4. The quantitative estimate of drug-likeness (QED) is 0.482. The summed E-state index contributed by atoms with van der Waals surface area (Å²) >= 11 is 6.33. The van der Waals surface area contributed by atoms with Crippen LogP contribution in [0.5, 0.6) is 11.5 Å². The van der Waals surface area contributed by atoms with Crippen LogP contribution >= 0.6 is 11.6 Å². The van der Waals surface area contributed by atoms with Gasteiger partial charge < -0.3 is 9.47 Å². The lowest BCUT2D eigenvalue weighted by atomic mass is 10.0. The molecule has 0 radical (unpaired) electrons. The molecule has 25 heavy (non-hydrogen) atoms. The first-order valence-corrected chi connectivity index (χ1v) is 8.22. The van der Waals surface area contributed by atoms with Crippen LogP contribution in [0.3, 0.4) is 0 Å². The molecule has 4 nitrogen and oxygen atoms in total. The van der Waals surface area contributed by atoms with Gasteiger partial charge in [0.1, 0.15) is 23.3 Å². The van der Waals surface area contributed by atoms with Gasteiger partial charge in [-0.3, -0.25) is 4.79 Å². The zero-order valence-corrected chi connectivity index (χ0v) is 15.1. The average Bonchev–Trinajstić information content (AvgIpc) is 2.63. The summed E-state index contributed by atoms with van der Waals surface area (Å²) in [6.07, 6.45) is 0.740. The summed E-state index contributed by atoms with van der Waals surface area (Å²) < 4.78 is 10.9. The van der Waals surface area contributed by atoms with Gasteiger partial charge in [0.25, 0.3) is 0 Å². The maximum absolute atomic E-state index is 11.2. The molecule has 0 amide bonds. The number of hydrogen-bond donors (Lipinski definition) is 0. The molecule has 0 aliphatic rings. The topological polar surface area (TPSA) is 48.4 Å². The number of halogens is 1. The number of carbonyl (C=O) groups excluding carboxylic acids is 1. The highest BCUT2D eigenvalue weighted by molar-refractivity contribution is 6.30. The Balaban J connectivity index is 1.90. The van der Waals surface area contributed by atoms with Crippen molar-refractivity contribution < 1.29 is 14.3 Å². The number of ether oxygens (including phenoxy) is 2. The number of aryl methyl sites for hydroxylation is 2. The standard InChI is InChI=1S/C20H18ClNO3/c1-12-4-5-14-8-16(20(21)22-19(14)13(12)2)11-25-18-7-6-17(24-3)9-15(18)10-23/h4-10H,11H2,1-3H3. The third kappa shape index (κ3) is 3.44. The molecule has 0 fully saturated rings. The molecule has 3 rings (SSSR count). The summed E-state index contributed by atoms with van der Waals surface area (Å²) in [5.74, 6) is 1.08. The zero-order chi connectivity index (χ0) is 18.0. The van der Waals surface area contributed by atoms with E-state index in [9.17, 15) is 4.79 Å². The highest BCUT2D eigenvalue weighted by Crippen LogP contribution is 2.27. The van der Waals surface area contributed by atoms with Crippen LogP contribution in [0.4, 0.5) is 0 Å². The number of aldehydes is 1. The molecule has 0 aliphatic carbocycles. The molecule has 1 aromatic heterocycles. The third-order valence-corrected chi connectivity index (χ3v) is 4.59. The van der Waals surface area contributed by atoms with E-state index in [0.29, 0.717) is 22.2 Å². The van der Waals surface area contributed by atoms with Crippen molar-refractivity contribution >= 4 is 28.8 Å². The van der Waals surface area contributed by atoms with Crippen LogP contribution < -0.4 is 9.47 Å². The first kappa shape index (κ1) is 17.2. The van der Waals surface area contributed by atoms with E-state index in [1.165, 1.54) is 5.56 Å². The lowest BCUT2D eigenvalue weighted by molar-refractivity contribution is 0.111. The molecule has 0 unspecified atom stereocenters. The molecular weight excluding hydrogens is 338 g/mol. The Morgan fingerprint density at radius 1 is 1.16 bits per heavy atom. The van der Waals surface area contributed by atoms with Crippen molar-refractivity contribution in [1.82, 2.24) is 4.98 Å². The fourth-order valence-corrected chi connectivity index (χ4v) is 2.83. The van der Waals surface area contributed by atoms with E-state index < -0.39 is 0 Å². The van der Waals surface area contributed by atoms with Crippen molar-refractivity contribution in [3.05, 3.63) is 63.8 Å². The van der Waals surface area contributed by atoms with Crippen molar-refractivity contribution in [2.75, 3.05) is 7.11 Å². The lowest BCUT2D eigenvalue weighted by Crippen LogP contribution is -2.01. The van der Waals surface area contributed by atoms with Gasteiger partial charge in [0, 0.05) is 10.9 Å². The van der Waals surface area contributed by atoms with Gasteiger partial charge in [0.15, 0.2) is 6.29 Å². The molecule has 0 aliphatic heterocycles. The maximum atomic E-state index is 11.2. The number of pyridine rings is 1. The predicted octanol–water partition coefficient (Wildman–Crippen LogP) is 4.91. The minimum Gasteiger partial charge on any atom is -0.497 e. The Labute approximate surface area is 151 Å². The monoisotopic (exact) mass is 355 g/mol. The largest absolute Gasteiger partial charge is 0.497 e. The van der Waals surface area contributed by atoms with Gasteiger partial charge in [-0.2, -0.15) is 0 Å². The molecule has 5 heteroatoms. The smallest absolute Gasteiger partial charge is 0.153 e. The fourth-order valence-electron chi connectivity index (χ4n) is 2.64. The molecule has 0 saturated heterocycles. The molecule has 1 heterocycles. The number of carbonyl (C=O) groups is 1. The Bertz CT molecular complexity index is 953. The van der Waals surface area contributed by atoms with Gasteiger partial charge in [0.05, 0.1) is 18.2 Å². The fraction of sp³-hybridized carbons (Fsp3) is 0.200. The van der Waals surface area contributed by atoms with E-state index in [0.717, 1.165) is 28.3 Å². The van der Waals surface area contributed by atoms with Crippen molar-refractivity contribution in [3.63, 3.8) is 0 Å². The number of rotatable bonds is 5. The van der Waals surface area contributed by atoms with Gasteiger partial charge in [-0.15, -0.1) is 0 Å². The summed E-state index contributed by atoms with van der Waals surface area (Å²) in [7, 11) is 1.55. The van der Waals surface area contributed by atoms with Gasteiger partial charge in [0.2, 0.25) is 0 Å². The van der Waals surface area contributed by atoms with Crippen molar-refractivity contribution in [3.8, 4) is 11.5 Å². The molecule has 0 saturated carbocycles. The van der Waals surface area contributed by atoms with Crippen molar-refractivity contribution in [2.45, 2.75) is 20.5 Å². The number of nitrogens with zero attached hydrogens (tertiary/aromatic N) is 1. The van der Waals surface area contributed by atoms with Crippen LogP contribution in [-0.4, -0.2) is 18.4 Å². The Hall–Kier alpha value is -2.59. The Morgan fingerprint density at radius 3 is 2.68 bits per heavy atom. The van der Waals surface area contributed by atoms with E-state index in [-0.39, 0.29) is 6.61 Å². The molecule has 0 atom stereocenters. The van der Waals surface area contributed by atoms with Crippen LogP contribution in [0.2, 0.25) is 5.15 Å². The molecule has 3 aromatic rings. The second-order valence-corrected chi connectivity index (χ2v) is 6.19. The Kier molecular flexibility index (Phi) is 4.91. The Morgan fingerprint density at radius 2 is 1.96 bits per heavy atom. The summed E-state index contributed by atoms with van der Waals surface area (Å²) in [5, 5.41) is 1.42. The van der Waals surface area contributed by atoms with E-state index in [1.54, 1.807) is 25.3 Å². The lowest BCUT2D eigenvalue weighted by Gasteiger charge is -2.12. The first-order valence-electron chi connectivity index (χ1n) is 7.85. The number of benzene rings is 2. The zero-order valence-electron chi connectivity index (χ0n) is 14.3. The van der Waals surface area contributed by atoms with E-state index in [1.807, 2.05) is 26.0 Å². The van der Waals surface area contributed by atoms with Crippen molar-refractivity contribution in [2.24, 2.45) is 0 Å². The summed E-state index contributed by atoms with van der Waals surface area (Å²) in [5.41, 5.74) is 4.38. The van der Waals surface area contributed by atoms with Gasteiger partial charge in [-0.05, 0) is 49.2 Å². The highest BCUT2D eigenvalue weighted by atomic mass is 35.5. The second-order valence-electron chi connectivity index (χ2n) is 5.83. The average molecular weight is 356 g/mol. The molecule has 2 aromatic carbocycles. The maximum Gasteiger partial charge on any atom is 0.153 e. The van der Waals surface area contributed by atoms with Gasteiger partial charge >= 0.3 is 0 Å². The van der Waals surface area contributed by atoms with Crippen LogP contribution in [0.25, 0.3) is 10.9 Å². The van der Waals surface area contributed by atoms with Crippen LogP contribution in [-0.2, 0) is 6.61 Å². The predicted molar refractivity (Wildman–Crippen MR) is 98.9 cm³/mol. The normalized spacial score (nSPS) is 10.7. The van der Waals surface area contributed by atoms with Crippen LogP contribution in [0.15, 0.2) is 36.4 Å². The minimum absolute atomic E-state index is 0.224. The molecular formula is C20H18ClNO3. The van der Waals surface area contributed by atoms with E-state index in [2.05, 4.69) is 11.1 Å². The van der Waals surface area contributed by atoms with Crippen molar-refractivity contribution in [1.29, 1.82) is 0 Å². The first-order chi connectivity index (χ1) is 12.0. The van der Waals surface area contributed by atoms with E-state index in [4.69, 9.17) is 21.1 Å². The number of aromatic nitrogens is 1. The summed E-state index contributed by atoms with van der Waals surface area (Å²) in [4.78, 5) is 15.8. The van der Waals surface area contributed by atoms with Crippen LogP contribution in [0, 0.1) is 13.8 Å². The number of fused-ring (bicyclic) bond motifs is 1. The molecule has 128 valence electrons. The molecule has 0 bridgehead atoms. The number of methoxy groups -OCH3 is 1. The summed E-state index contributed by atoms with van der Waals surface area (Å²) in [6.45, 7) is 4.30. The highest BCUT2D eigenvalue weighted by Gasteiger charge is 2.11. The van der Waals surface area contributed by atoms with E-state index >= 15 is 0 Å². The minimum atomic E-state index is 0.224. The SMILES string of the molecule is COc1ccc(OCc2cc3ccc(C)c(C)c3nc2Cl)c(C=O)c1. The molecule has 0 N–H and O–H groups in total.